The average Bonchev–Trinajstić information content (AvgIpc) is 3.70. The Kier molecular flexibility index (Phi) is 10.3. The number of aliphatic hydroxyl groups is 1. The second-order valence-electron chi connectivity index (χ2n) is 9.91. The van der Waals surface area contributed by atoms with Crippen LogP contribution in [0, 0.1) is 0 Å². The lowest BCUT2D eigenvalue weighted by molar-refractivity contribution is -0.243. The highest BCUT2D eigenvalue weighted by Crippen LogP contribution is 2.49. The molecule has 204 valence electrons. The third-order valence-electron chi connectivity index (χ3n) is 7.21. The molecule has 2 heterocycles. The van der Waals surface area contributed by atoms with E-state index in [2.05, 4.69) is 32.0 Å². The molecule has 37 heavy (non-hydrogen) atoms. The van der Waals surface area contributed by atoms with Gasteiger partial charge in [-0.1, -0.05) is 62.6 Å². The minimum absolute atomic E-state index is 0.140. The van der Waals surface area contributed by atoms with E-state index >= 15 is 0 Å². The fraction of sp³-hybridized carbons (Fsp3) is 0.600. The van der Waals surface area contributed by atoms with Crippen molar-refractivity contribution in [1.82, 2.24) is 0 Å². The van der Waals surface area contributed by atoms with Crippen molar-refractivity contribution in [2.24, 2.45) is 0 Å². The van der Waals surface area contributed by atoms with Crippen molar-refractivity contribution in [2.45, 2.75) is 82.9 Å². The van der Waals surface area contributed by atoms with Crippen molar-refractivity contribution in [2.75, 3.05) is 33.0 Å². The number of benzene rings is 2. The minimum atomic E-state index is -0.659. The molecule has 0 amide bonds. The zero-order valence-electron chi connectivity index (χ0n) is 22.3. The molecule has 0 aromatic heterocycles. The summed E-state index contributed by atoms with van der Waals surface area (Å²) >= 11 is 6.65. The Morgan fingerprint density at radius 2 is 1.70 bits per heavy atom. The summed E-state index contributed by atoms with van der Waals surface area (Å²) in [5, 5.41) is 10.9. The predicted octanol–water partition coefficient (Wildman–Crippen LogP) is 5.90. The van der Waals surface area contributed by atoms with Gasteiger partial charge in [0.05, 0.1) is 19.8 Å². The molecule has 2 aromatic carbocycles. The summed E-state index contributed by atoms with van der Waals surface area (Å²) in [6.07, 6.45) is 3.09. The first-order valence-electron chi connectivity index (χ1n) is 13.7. The molecule has 0 saturated carbocycles. The zero-order valence-corrected chi connectivity index (χ0v) is 23.0. The smallest absolute Gasteiger partial charge is 0.148 e. The lowest BCUT2D eigenvalue weighted by Crippen LogP contribution is -2.60. The number of hydrogen-bond donors (Lipinski definition) is 1. The fourth-order valence-electron chi connectivity index (χ4n) is 5.02. The van der Waals surface area contributed by atoms with Gasteiger partial charge in [0.25, 0.3) is 0 Å². The first-order valence-corrected chi connectivity index (χ1v) is 14.1. The molecule has 1 N–H and O–H groups in total. The molecular weight excluding hydrogens is 492 g/mol. The van der Waals surface area contributed by atoms with Crippen LogP contribution >= 0.6 is 11.6 Å². The van der Waals surface area contributed by atoms with Gasteiger partial charge in [-0.05, 0) is 61.1 Å². The molecule has 2 saturated heterocycles. The first-order chi connectivity index (χ1) is 18.1. The van der Waals surface area contributed by atoms with Crippen LogP contribution in [0.4, 0.5) is 0 Å². The maximum Gasteiger partial charge on any atom is 0.148 e. The largest absolute Gasteiger partial charge is 0.494 e. The van der Waals surface area contributed by atoms with Crippen molar-refractivity contribution >= 4 is 11.6 Å². The molecular formula is C30H41ClO6. The van der Waals surface area contributed by atoms with Gasteiger partial charge < -0.3 is 28.8 Å². The molecule has 6 nitrogen and oxygen atoms in total. The van der Waals surface area contributed by atoms with E-state index < -0.39 is 17.8 Å². The molecule has 4 rings (SSSR count). The molecule has 7 heteroatoms. The number of hydrogen-bond acceptors (Lipinski definition) is 6. The topological polar surface area (TPSA) is 69.7 Å². The summed E-state index contributed by atoms with van der Waals surface area (Å²) < 4.78 is 30.9. The van der Waals surface area contributed by atoms with Crippen LogP contribution in [-0.4, -0.2) is 62.1 Å². The molecule has 1 spiro atoms. The van der Waals surface area contributed by atoms with E-state index in [1.807, 2.05) is 31.2 Å². The van der Waals surface area contributed by atoms with Crippen LogP contribution in [0.1, 0.15) is 69.2 Å². The van der Waals surface area contributed by atoms with E-state index in [1.54, 1.807) is 0 Å². The molecule has 0 radical (unpaired) electrons. The lowest BCUT2D eigenvalue weighted by atomic mass is 9.84. The SMILES string of the molecule is CCCCO[C@@H]1[C@@H](OCCCC)[C@]2(CO2)[C@@H](CO)O[C@H]1c1ccc(Cl)c(Cc2ccc(OCC)cc2)c1. The highest BCUT2D eigenvalue weighted by atomic mass is 35.5. The number of ether oxygens (including phenoxy) is 5. The maximum absolute atomic E-state index is 10.2. The monoisotopic (exact) mass is 532 g/mol. The van der Waals surface area contributed by atoms with E-state index in [1.165, 1.54) is 0 Å². The van der Waals surface area contributed by atoms with E-state index in [0.29, 0.717) is 37.9 Å². The Balaban J connectivity index is 1.62. The number of unbranched alkanes of at least 4 members (excludes halogenated alkanes) is 2. The summed E-state index contributed by atoms with van der Waals surface area (Å²) in [6, 6.07) is 14.1. The van der Waals surface area contributed by atoms with Crippen LogP contribution in [0.5, 0.6) is 5.75 Å². The van der Waals surface area contributed by atoms with Gasteiger partial charge in [0.1, 0.15) is 35.8 Å². The molecule has 0 bridgehead atoms. The second kappa shape index (κ2) is 13.4. The Morgan fingerprint density at radius 3 is 2.32 bits per heavy atom. The zero-order chi connectivity index (χ0) is 26.3. The Hall–Kier alpha value is -1.67. The fourth-order valence-corrected chi connectivity index (χ4v) is 5.20. The number of halogens is 1. The summed E-state index contributed by atoms with van der Waals surface area (Å²) in [5.74, 6) is 0.856. The maximum atomic E-state index is 10.2. The van der Waals surface area contributed by atoms with Gasteiger partial charge in [-0.3, -0.25) is 0 Å². The summed E-state index contributed by atoms with van der Waals surface area (Å²) in [6.45, 7) is 8.50. The molecule has 0 aliphatic carbocycles. The Morgan fingerprint density at radius 1 is 1.00 bits per heavy atom. The Bertz CT molecular complexity index is 977. The standard InChI is InChI=1S/C30H41ClO6/c1-4-7-15-34-28-27(37-26(19-32)30(20-36-30)29(28)35-16-8-5-2)22-11-14-25(31)23(18-22)17-21-9-12-24(13-10-21)33-6-3/h9-14,18,26-29,32H,4-8,15-17,19-20H2,1-3H3/t26-,27+,28+,29-,30+/m1/s1. The highest BCUT2D eigenvalue weighted by molar-refractivity contribution is 6.31. The van der Waals surface area contributed by atoms with Crippen LogP contribution in [0.3, 0.4) is 0 Å². The van der Waals surface area contributed by atoms with Gasteiger partial charge in [-0.15, -0.1) is 0 Å². The van der Waals surface area contributed by atoms with Gasteiger partial charge in [-0.25, -0.2) is 0 Å². The van der Waals surface area contributed by atoms with Crippen molar-refractivity contribution in [3.63, 3.8) is 0 Å². The Labute approximate surface area is 226 Å². The van der Waals surface area contributed by atoms with Gasteiger partial charge in [0.15, 0.2) is 0 Å². The van der Waals surface area contributed by atoms with Crippen molar-refractivity contribution in [1.29, 1.82) is 0 Å². The van der Waals surface area contributed by atoms with Crippen LogP contribution in [-0.2, 0) is 25.4 Å². The molecule has 5 atom stereocenters. The number of epoxide rings is 1. The normalized spacial score (nSPS) is 26.9. The van der Waals surface area contributed by atoms with E-state index in [-0.39, 0.29) is 18.8 Å². The van der Waals surface area contributed by atoms with Crippen molar-refractivity contribution in [3.05, 3.63) is 64.2 Å². The van der Waals surface area contributed by atoms with Crippen LogP contribution in [0.25, 0.3) is 0 Å². The third-order valence-corrected chi connectivity index (χ3v) is 7.58. The second-order valence-corrected chi connectivity index (χ2v) is 10.3. The van der Waals surface area contributed by atoms with E-state index in [0.717, 1.165) is 48.1 Å². The van der Waals surface area contributed by atoms with Crippen molar-refractivity contribution in [3.8, 4) is 5.75 Å². The van der Waals surface area contributed by atoms with Crippen LogP contribution in [0.2, 0.25) is 5.02 Å². The molecule has 0 unspecified atom stereocenters. The third kappa shape index (κ3) is 6.67. The van der Waals surface area contributed by atoms with Gasteiger partial charge in [0, 0.05) is 18.2 Å². The molecule has 2 aliphatic rings. The van der Waals surface area contributed by atoms with Gasteiger partial charge >= 0.3 is 0 Å². The van der Waals surface area contributed by atoms with Crippen molar-refractivity contribution < 1.29 is 28.8 Å². The van der Waals surface area contributed by atoms with E-state index in [4.69, 9.17) is 35.3 Å². The summed E-state index contributed by atoms with van der Waals surface area (Å²) in [4.78, 5) is 0. The summed E-state index contributed by atoms with van der Waals surface area (Å²) in [5.41, 5.74) is 2.45. The van der Waals surface area contributed by atoms with E-state index in [9.17, 15) is 5.11 Å². The summed E-state index contributed by atoms with van der Waals surface area (Å²) in [7, 11) is 0. The number of aliphatic hydroxyl groups excluding tert-OH is 1. The molecule has 2 aromatic rings. The van der Waals surface area contributed by atoms with Gasteiger partial charge in [0.2, 0.25) is 0 Å². The van der Waals surface area contributed by atoms with Gasteiger partial charge in [-0.2, -0.15) is 0 Å². The minimum Gasteiger partial charge on any atom is -0.494 e. The molecule has 2 fully saturated rings. The molecule has 2 aliphatic heterocycles. The van der Waals surface area contributed by atoms with Crippen LogP contribution < -0.4 is 4.74 Å². The highest BCUT2D eigenvalue weighted by Gasteiger charge is 2.66. The predicted molar refractivity (Wildman–Crippen MR) is 145 cm³/mol. The quantitative estimate of drug-likeness (QED) is 0.241. The first kappa shape index (κ1) is 28.3. The van der Waals surface area contributed by atoms with Crippen LogP contribution in [0.15, 0.2) is 42.5 Å². The average molecular weight is 533 g/mol. The lowest BCUT2D eigenvalue weighted by Gasteiger charge is -2.45. The number of rotatable bonds is 14.